The number of carbonyl (C=O) groups is 1. The highest BCUT2D eigenvalue weighted by atomic mass is 32.2. The van der Waals surface area contributed by atoms with E-state index >= 15 is 0 Å². The maximum absolute atomic E-state index is 12.8. The topological polar surface area (TPSA) is 32.7 Å². The van der Waals surface area contributed by atoms with Crippen molar-refractivity contribution in [1.82, 2.24) is 4.90 Å². The van der Waals surface area contributed by atoms with E-state index in [1.807, 2.05) is 30.0 Å². The van der Waals surface area contributed by atoms with Crippen molar-refractivity contribution in [3.8, 4) is 0 Å². The van der Waals surface area contributed by atoms with Crippen LogP contribution in [0.15, 0.2) is 40.7 Å². The van der Waals surface area contributed by atoms with E-state index in [1.54, 1.807) is 34.9 Å². The van der Waals surface area contributed by atoms with E-state index in [4.69, 9.17) is 4.99 Å². The molecule has 2 aromatic rings. The number of thioether (sulfide) groups is 2. The first kappa shape index (κ1) is 16.2. The average molecular weight is 375 g/mol. The Labute approximate surface area is 154 Å². The normalized spacial score (nSPS) is 17.7. The van der Waals surface area contributed by atoms with Gasteiger partial charge < -0.3 is 4.90 Å². The second-order valence-electron chi connectivity index (χ2n) is 5.93. The Morgan fingerprint density at radius 1 is 1.29 bits per heavy atom. The molecule has 0 radical (unpaired) electrons. The van der Waals surface area contributed by atoms with Crippen LogP contribution < -0.4 is 0 Å². The van der Waals surface area contributed by atoms with Crippen LogP contribution >= 0.6 is 34.9 Å². The predicted molar refractivity (Wildman–Crippen MR) is 105 cm³/mol. The average Bonchev–Trinajstić information content (AvgIpc) is 3.08. The molecule has 0 bridgehead atoms. The number of carbonyl (C=O) groups excluding carboxylic acids is 1. The van der Waals surface area contributed by atoms with Gasteiger partial charge in [0, 0.05) is 23.7 Å². The van der Waals surface area contributed by atoms with Gasteiger partial charge in [-0.1, -0.05) is 41.7 Å². The van der Waals surface area contributed by atoms with E-state index in [0.717, 1.165) is 35.3 Å². The molecule has 1 amide bonds. The third-order valence-electron chi connectivity index (χ3n) is 4.30. The Morgan fingerprint density at radius 2 is 2.17 bits per heavy atom. The van der Waals surface area contributed by atoms with Gasteiger partial charge in [0.05, 0.1) is 10.9 Å². The van der Waals surface area contributed by atoms with Crippen LogP contribution in [0, 0.1) is 0 Å². The summed E-state index contributed by atoms with van der Waals surface area (Å²) in [6.07, 6.45) is 0.985. The minimum Gasteiger partial charge on any atom is -0.337 e. The number of rotatable bonds is 2. The van der Waals surface area contributed by atoms with Crippen LogP contribution in [0.25, 0.3) is 0 Å². The van der Waals surface area contributed by atoms with Crippen molar-refractivity contribution < 1.29 is 4.79 Å². The van der Waals surface area contributed by atoms with Crippen LogP contribution in [-0.4, -0.2) is 27.0 Å². The summed E-state index contributed by atoms with van der Waals surface area (Å²) in [5.41, 5.74) is 3.63. The number of nitrogens with zero attached hydrogens (tertiary/aromatic N) is 2. The number of thiophene rings is 1. The van der Waals surface area contributed by atoms with Gasteiger partial charge in [-0.05, 0) is 42.0 Å². The first-order chi connectivity index (χ1) is 11.7. The molecule has 0 spiro atoms. The van der Waals surface area contributed by atoms with E-state index in [1.165, 1.54) is 16.0 Å². The second kappa shape index (κ2) is 6.94. The van der Waals surface area contributed by atoms with Crippen molar-refractivity contribution >= 4 is 50.8 Å². The molecule has 1 aromatic carbocycles. The smallest absolute Gasteiger partial charge is 0.236 e. The molecule has 1 atom stereocenters. The van der Waals surface area contributed by atoms with Gasteiger partial charge in [0.15, 0.2) is 0 Å². The lowest BCUT2D eigenvalue weighted by atomic mass is 10.1. The molecular weight excluding hydrogens is 356 g/mol. The molecule has 3 nitrogen and oxygen atoms in total. The van der Waals surface area contributed by atoms with E-state index < -0.39 is 0 Å². The van der Waals surface area contributed by atoms with E-state index in [-0.39, 0.29) is 11.2 Å². The van der Waals surface area contributed by atoms with Crippen LogP contribution in [0.2, 0.25) is 0 Å². The van der Waals surface area contributed by atoms with Crippen molar-refractivity contribution in [2.24, 2.45) is 4.99 Å². The highest BCUT2D eigenvalue weighted by Gasteiger charge is 2.27. The molecule has 2 aliphatic heterocycles. The number of para-hydroxylation sites is 1. The molecule has 3 heterocycles. The maximum Gasteiger partial charge on any atom is 0.236 e. The number of amides is 1. The molecule has 1 aromatic heterocycles. The molecule has 0 unspecified atom stereocenters. The second-order valence-corrected chi connectivity index (χ2v) is 9.49. The monoisotopic (exact) mass is 374 g/mol. The highest BCUT2D eigenvalue weighted by molar-refractivity contribution is 8.39. The molecule has 0 N–H and O–H groups in total. The predicted octanol–water partition coefficient (Wildman–Crippen LogP) is 4.69. The number of aliphatic imine (C=N–C) groups is 1. The van der Waals surface area contributed by atoms with Crippen molar-refractivity contribution in [2.45, 2.75) is 30.9 Å². The lowest BCUT2D eigenvalue weighted by Crippen LogP contribution is -2.40. The summed E-state index contributed by atoms with van der Waals surface area (Å²) < 4.78 is 1.00. The third kappa shape index (κ3) is 3.27. The first-order valence-corrected chi connectivity index (χ1v) is 10.8. The van der Waals surface area contributed by atoms with Gasteiger partial charge in [-0.3, -0.25) is 4.79 Å². The van der Waals surface area contributed by atoms with Gasteiger partial charge in [0.2, 0.25) is 5.91 Å². The summed E-state index contributed by atoms with van der Waals surface area (Å²) >= 11 is 5.13. The van der Waals surface area contributed by atoms with Crippen LogP contribution in [0.4, 0.5) is 5.69 Å². The van der Waals surface area contributed by atoms with E-state index in [2.05, 4.69) is 17.5 Å². The van der Waals surface area contributed by atoms with Gasteiger partial charge in [-0.2, -0.15) is 0 Å². The fraction of sp³-hybridized carbons (Fsp3) is 0.333. The molecule has 124 valence electrons. The zero-order chi connectivity index (χ0) is 16.5. The van der Waals surface area contributed by atoms with Crippen molar-refractivity contribution in [2.75, 3.05) is 6.54 Å². The third-order valence-corrected chi connectivity index (χ3v) is 7.61. The Hall–Kier alpha value is -1.24. The van der Waals surface area contributed by atoms with Gasteiger partial charge in [-0.25, -0.2) is 4.99 Å². The van der Waals surface area contributed by atoms with E-state index in [0.29, 0.717) is 0 Å². The molecule has 0 saturated heterocycles. The van der Waals surface area contributed by atoms with Crippen LogP contribution in [0.1, 0.15) is 22.9 Å². The standard InChI is InChI=1S/C18H18N2OS3/c1-12(17(21)20-8-6-16-13(10-20)7-9-22-16)24-18-19-15-5-3-2-4-14(15)11-23-18/h2-5,7,9,12H,6,8,10-11H2,1H3/t12-/m1/s1. The van der Waals surface area contributed by atoms with E-state index in [9.17, 15) is 4.79 Å². The molecule has 0 saturated carbocycles. The number of hydrogen-bond acceptors (Lipinski definition) is 5. The summed E-state index contributed by atoms with van der Waals surface area (Å²) in [7, 11) is 0. The largest absolute Gasteiger partial charge is 0.337 e. The number of benzene rings is 1. The summed E-state index contributed by atoms with van der Waals surface area (Å²) in [5, 5.41) is 2.03. The van der Waals surface area contributed by atoms with Crippen LogP contribution in [0.5, 0.6) is 0 Å². The zero-order valence-electron chi connectivity index (χ0n) is 13.4. The summed E-state index contributed by atoms with van der Waals surface area (Å²) in [6.45, 7) is 3.59. The SMILES string of the molecule is C[C@@H](SC1=Nc2ccccc2CS1)C(=O)N1CCc2sccc2C1. The van der Waals surface area contributed by atoms with Crippen LogP contribution in [-0.2, 0) is 23.5 Å². The molecule has 4 rings (SSSR count). The molecule has 0 fully saturated rings. The first-order valence-electron chi connectivity index (χ1n) is 8.01. The van der Waals surface area contributed by atoms with Gasteiger partial charge >= 0.3 is 0 Å². The minimum atomic E-state index is -0.0957. The lowest BCUT2D eigenvalue weighted by Gasteiger charge is -2.29. The molecule has 24 heavy (non-hydrogen) atoms. The zero-order valence-corrected chi connectivity index (χ0v) is 15.8. The maximum atomic E-state index is 12.8. The molecule has 2 aliphatic rings. The summed E-state index contributed by atoms with van der Waals surface area (Å²) in [5.74, 6) is 1.16. The Kier molecular flexibility index (Phi) is 4.70. The lowest BCUT2D eigenvalue weighted by molar-refractivity contribution is -0.131. The number of hydrogen-bond donors (Lipinski definition) is 0. The summed E-state index contributed by atoms with van der Waals surface area (Å²) in [6, 6.07) is 10.4. The fourth-order valence-electron chi connectivity index (χ4n) is 2.97. The van der Waals surface area contributed by atoms with Gasteiger partial charge in [-0.15, -0.1) is 11.3 Å². The van der Waals surface area contributed by atoms with Crippen molar-refractivity contribution in [1.29, 1.82) is 0 Å². The fourth-order valence-corrected chi connectivity index (χ4v) is 6.13. The molecule has 0 aliphatic carbocycles. The number of fused-ring (bicyclic) bond motifs is 2. The Balaban J connectivity index is 1.42. The van der Waals surface area contributed by atoms with Gasteiger partial charge in [0.1, 0.15) is 4.38 Å². The van der Waals surface area contributed by atoms with Crippen LogP contribution in [0.3, 0.4) is 0 Å². The van der Waals surface area contributed by atoms with Crippen molar-refractivity contribution in [3.63, 3.8) is 0 Å². The minimum absolute atomic E-state index is 0.0957. The quantitative estimate of drug-likeness (QED) is 0.764. The molecular formula is C18H18N2OS3. The van der Waals surface area contributed by atoms with Gasteiger partial charge in [0.25, 0.3) is 0 Å². The Morgan fingerprint density at radius 3 is 3.08 bits per heavy atom. The highest BCUT2D eigenvalue weighted by Crippen LogP contribution is 2.36. The Bertz CT molecular complexity index is 799. The summed E-state index contributed by atoms with van der Waals surface area (Å²) in [4.78, 5) is 20.9. The van der Waals surface area contributed by atoms with Crippen molar-refractivity contribution in [3.05, 3.63) is 51.7 Å². The molecule has 6 heteroatoms.